The minimum absolute atomic E-state index is 0.321. The van der Waals surface area contributed by atoms with Crippen molar-refractivity contribution in [1.82, 2.24) is 0 Å². The van der Waals surface area contributed by atoms with Crippen LogP contribution in [0.3, 0.4) is 0 Å². The molecule has 2 rings (SSSR count). The molecule has 0 saturated carbocycles. The van der Waals surface area contributed by atoms with Gasteiger partial charge in [0, 0.05) is 16.5 Å². The molecule has 2 atom stereocenters. The number of hydrogen-bond acceptors (Lipinski definition) is 1. The van der Waals surface area contributed by atoms with E-state index in [1.54, 1.807) is 6.07 Å². The number of aliphatic hydroxyl groups excluding tert-OH is 1. The highest BCUT2D eigenvalue weighted by atomic mass is 35.5. The molecule has 0 amide bonds. The zero-order valence-electron chi connectivity index (χ0n) is 9.57. The highest BCUT2D eigenvalue weighted by Gasteiger charge is 2.20. The second kappa shape index (κ2) is 5.90. The lowest BCUT2D eigenvalue weighted by Crippen LogP contribution is -2.23. The molecule has 1 aromatic carbocycles. The van der Waals surface area contributed by atoms with Crippen LogP contribution in [0.2, 0.25) is 10.0 Å². The van der Waals surface area contributed by atoms with Crippen LogP contribution in [0.5, 0.6) is 0 Å². The third kappa shape index (κ3) is 3.48. The molecular weight excluding hydrogens is 255 g/mol. The molecule has 92 valence electrons. The van der Waals surface area contributed by atoms with Gasteiger partial charge in [0.05, 0.1) is 6.10 Å². The predicted octanol–water partition coefficient (Wildman–Crippen LogP) is 4.25. The maximum Gasteiger partial charge on any atom is 0.0612 e. The maximum atomic E-state index is 10.2. The average Bonchev–Trinajstić information content (AvgIpc) is 2.34. The molecule has 1 aliphatic carbocycles. The van der Waals surface area contributed by atoms with Crippen LogP contribution in [0.1, 0.15) is 24.8 Å². The van der Waals surface area contributed by atoms with Crippen molar-refractivity contribution in [3.05, 3.63) is 46.0 Å². The van der Waals surface area contributed by atoms with E-state index >= 15 is 0 Å². The van der Waals surface area contributed by atoms with Crippen LogP contribution in [0.15, 0.2) is 30.4 Å². The van der Waals surface area contributed by atoms with Crippen LogP contribution in [0.25, 0.3) is 0 Å². The second-order valence-corrected chi connectivity index (χ2v) is 5.40. The molecule has 1 aliphatic rings. The first kappa shape index (κ1) is 12.9. The van der Waals surface area contributed by atoms with E-state index in [1.807, 2.05) is 12.1 Å². The summed E-state index contributed by atoms with van der Waals surface area (Å²) in [5.41, 5.74) is 0.970. The summed E-state index contributed by atoms with van der Waals surface area (Å²) >= 11 is 11.9. The highest BCUT2D eigenvalue weighted by molar-refractivity contribution is 6.35. The van der Waals surface area contributed by atoms with Crippen LogP contribution < -0.4 is 0 Å². The Balaban J connectivity index is 2.02. The van der Waals surface area contributed by atoms with Crippen molar-refractivity contribution in [2.75, 3.05) is 0 Å². The fourth-order valence-corrected chi connectivity index (χ4v) is 2.73. The monoisotopic (exact) mass is 270 g/mol. The zero-order chi connectivity index (χ0) is 12.3. The summed E-state index contributed by atoms with van der Waals surface area (Å²) in [7, 11) is 0. The third-order valence-electron chi connectivity index (χ3n) is 3.30. The SMILES string of the molecule is OC(Cc1ccc(Cl)cc1Cl)C1CC=CCC1. The summed E-state index contributed by atoms with van der Waals surface area (Å²) in [5, 5.41) is 11.5. The van der Waals surface area contributed by atoms with E-state index in [-0.39, 0.29) is 6.10 Å². The van der Waals surface area contributed by atoms with E-state index in [4.69, 9.17) is 23.2 Å². The van der Waals surface area contributed by atoms with Gasteiger partial charge in [0.25, 0.3) is 0 Å². The number of allylic oxidation sites excluding steroid dienone is 2. The summed E-state index contributed by atoms with van der Waals surface area (Å²) in [4.78, 5) is 0. The van der Waals surface area contributed by atoms with Crippen molar-refractivity contribution in [3.63, 3.8) is 0 Å². The summed E-state index contributed by atoms with van der Waals surface area (Å²) in [5.74, 6) is 0.353. The Labute approximate surface area is 112 Å². The van der Waals surface area contributed by atoms with E-state index in [9.17, 15) is 5.11 Å². The van der Waals surface area contributed by atoms with Crippen molar-refractivity contribution in [2.24, 2.45) is 5.92 Å². The summed E-state index contributed by atoms with van der Waals surface area (Å²) < 4.78 is 0. The molecule has 0 bridgehead atoms. The van der Waals surface area contributed by atoms with Crippen molar-refractivity contribution in [2.45, 2.75) is 31.8 Å². The molecule has 1 nitrogen and oxygen atoms in total. The van der Waals surface area contributed by atoms with E-state index in [2.05, 4.69) is 12.2 Å². The Morgan fingerprint density at radius 2 is 2.12 bits per heavy atom. The normalized spacial score (nSPS) is 21.5. The Morgan fingerprint density at radius 1 is 1.29 bits per heavy atom. The van der Waals surface area contributed by atoms with Gasteiger partial charge in [-0.25, -0.2) is 0 Å². The first-order chi connectivity index (χ1) is 8.16. The van der Waals surface area contributed by atoms with Gasteiger partial charge in [-0.2, -0.15) is 0 Å². The minimum Gasteiger partial charge on any atom is -0.392 e. The first-order valence-corrected chi connectivity index (χ1v) is 6.69. The molecule has 1 aromatic rings. The highest BCUT2D eigenvalue weighted by Crippen LogP contribution is 2.27. The van der Waals surface area contributed by atoms with E-state index in [0.717, 1.165) is 24.8 Å². The van der Waals surface area contributed by atoms with Gasteiger partial charge in [-0.05, 0) is 42.9 Å². The fourth-order valence-electron chi connectivity index (χ4n) is 2.25. The molecule has 0 heterocycles. The molecule has 0 spiro atoms. The van der Waals surface area contributed by atoms with Crippen molar-refractivity contribution in [3.8, 4) is 0 Å². The topological polar surface area (TPSA) is 20.2 Å². The van der Waals surface area contributed by atoms with Crippen molar-refractivity contribution in [1.29, 1.82) is 0 Å². The van der Waals surface area contributed by atoms with E-state index in [1.165, 1.54) is 0 Å². The van der Waals surface area contributed by atoms with Crippen LogP contribution in [-0.4, -0.2) is 11.2 Å². The molecular formula is C14H16Cl2O. The first-order valence-electron chi connectivity index (χ1n) is 5.94. The zero-order valence-corrected chi connectivity index (χ0v) is 11.1. The number of hydrogen-bond donors (Lipinski definition) is 1. The number of rotatable bonds is 3. The summed E-state index contributed by atoms with van der Waals surface area (Å²) in [6.45, 7) is 0. The van der Waals surface area contributed by atoms with Gasteiger partial charge in [0.15, 0.2) is 0 Å². The van der Waals surface area contributed by atoms with Crippen LogP contribution >= 0.6 is 23.2 Å². The molecule has 17 heavy (non-hydrogen) atoms. The largest absolute Gasteiger partial charge is 0.392 e. The molecule has 0 saturated heterocycles. The predicted molar refractivity (Wildman–Crippen MR) is 72.7 cm³/mol. The van der Waals surface area contributed by atoms with Gasteiger partial charge in [0.2, 0.25) is 0 Å². The molecule has 0 aromatic heterocycles. The summed E-state index contributed by atoms with van der Waals surface area (Å²) in [6.07, 6.45) is 7.71. The molecule has 1 N–H and O–H groups in total. The van der Waals surface area contributed by atoms with Crippen LogP contribution in [0, 0.1) is 5.92 Å². The number of halogens is 2. The van der Waals surface area contributed by atoms with Gasteiger partial charge in [0.1, 0.15) is 0 Å². The molecule has 2 unspecified atom stereocenters. The Hall–Kier alpha value is -0.500. The van der Waals surface area contributed by atoms with Gasteiger partial charge >= 0.3 is 0 Å². The Morgan fingerprint density at radius 3 is 2.76 bits per heavy atom. The second-order valence-electron chi connectivity index (χ2n) is 4.55. The van der Waals surface area contributed by atoms with Crippen molar-refractivity contribution >= 4 is 23.2 Å². The maximum absolute atomic E-state index is 10.2. The lowest BCUT2D eigenvalue weighted by atomic mass is 9.86. The molecule has 0 aliphatic heterocycles. The minimum atomic E-state index is -0.321. The smallest absolute Gasteiger partial charge is 0.0612 e. The number of aliphatic hydroxyl groups is 1. The standard InChI is InChI=1S/C14H16Cl2O/c15-12-7-6-11(13(16)9-12)8-14(17)10-4-2-1-3-5-10/h1-2,6-7,9-10,14,17H,3-5,8H2. The van der Waals surface area contributed by atoms with E-state index in [0.29, 0.717) is 22.4 Å². The van der Waals surface area contributed by atoms with E-state index < -0.39 is 0 Å². The molecule has 0 fully saturated rings. The van der Waals surface area contributed by atoms with Gasteiger partial charge in [-0.15, -0.1) is 0 Å². The fraction of sp³-hybridized carbons (Fsp3) is 0.429. The van der Waals surface area contributed by atoms with Crippen LogP contribution in [0.4, 0.5) is 0 Å². The van der Waals surface area contributed by atoms with Crippen LogP contribution in [-0.2, 0) is 6.42 Å². The number of benzene rings is 1. The molecule has 3 heteroatoms. The summed E-state index contributed by atoms with van der Waals surface area (Å²) in [6, 6.07) is 5.44. The molecule has 0 radical (unpaired) electrons. The third-order valence-corrected chi connectivity index (χ3v) is 3.88. The van der Waals surface area contributed by atoms with Crippen molar-refractivity contribution < 1.29 is 5.11 Å². The lowest BCUT2D eigenvalue weighted by Gasteiger charge is -2.24. The van der Waals surface area contributed by atoms with Gasteiger partial charge < -0.3 is 5.11 Å². The quantitative estimate of drug-likeness (QED) is 0.815. The average molecular weight is 271 g/mol. The Kier molecular flexibility index (Phi) is 4.49. The lowest BCUT2D eigenvalue weighted by molar-refractivity contribution is 0.102. The Bertz CT molecular complexity index is 415. The van der Waals surface area contributed by atoms with Gasteiger partial charge in [-0.1, -0.05) is 41.4 Å². The van der Waals surface area contributed by atoms with Gasteiger partial charge in [-0.3, -0.25) is 0 Å².